The molecular weight excluding hydrogens is 671 g/mol. The molecular formula is C31H31ClF3N9O5. The lowest BCUT2D eigenvalue weighted by Crippen LogP contribution is -2.50. The standard InChI is InChI=1S/C31H31ClF3N9O5/c1-5-21-25(42-8-10-43(11-9-42)30(49)24-26(46)16(2)37-15-38-24)27(47)23-28(36-13-20(40-23)29(48)41(3)4)44(21)14-22(45)39-19-7-6-17(12-18(19)32)31(33,34)35/h6-7,12-13,15,46H,5,8-11,14H2,1-4H3,(H,39,45). The van der Waals surface area contributed by atoms with Crippen LogP contribution in [0, 0.1) is 6.92 Å². The quantitative estimate of drug-likeness (QED) is 0.292. The van der Waals surface area contributed by atoms with Crippen LogP contribution in [0.25, 0.3) is 11.2 Å². The number of aromatic hydroxyl groups is 1. The smallest absolute Gasteiger partial charge is 0.416 e. The van der Waals surface area contributed by atoms with Crippen LogP contribution in [0.1, 0.15) is 44.9 Å². The van der Waals surface area contributed by atoms with E-state index in [0.29, 0.717) is 11.8 Å². The van der Waals surface area contributed by atoms with Gasteiger partial charge in [0.2, 0.25) is 11.3 Å². The van der Waals surface area contributed by atoms with Crippen LogP contribution in [0.3, 0.4) is 0 Å². The highest BCUT2D eigenvalue weighted by molar-refractivity contribution is 6.33. The minimum atomic E-state index is -4.63. The monoisotopic (exact) mass is 701 g/mol. The molecule has 4 heterocycles. The minimum absolute atomic E-state index is 0.0120. The van der Waals surface area contributed by atoms with Gasteiger partial charge in [-0.2, -0.15) is 13.2 Å². The Morgan fingerprint density at radius 1 is 1.08 bits per heavy atom. The zero-order chi connectivity index (χ0) is 35.8. The maximum absolute atomic E-state index is 14.1. The third kappa shape index (κ3) is 6.97. The SMILES string of the molecule is CCc1c(N2CCN(C(=O)c3ncnc(C)c3O)CC2)c(=O)c2nc(C(=O)N(C)C)cnc2n1CC(=O)Nc1ccc(C(F)(F)F)cc1Cl. The Kier molecular flexibility index (Phi) is 9.76. The summed E-state index contributed by atoms with van der Waals surface area (Å²) in [6, 6.07) is 2.53. The number of aryl methyl sites for hydroxylation is 1. The number of rotatable bonds is 7. The molecule has 1 saturated heterocycles. The first kappa shape index (κ1) is 35.0. The van der Waals surface area contributed by atoms with E-state index in [4.69, 9.17) is 11.6 Å². The van der Waals surface area contributed by atoms with Gasteiger partial charge in [-0.05, 0) is 31.5 Å². The maximum atomic E-state index is 14.1. The van der Waals surface area contributed by atoms with E-state index in [0.717, 1.165) is 12.1 Å². The van der Waals surface area contributed by atoms with Crippen molar-refractivity contribution >= 4 is 51.9 Å². The summed E-state index contributed by atoms with van der Waals surface area (Å²) in [6.07, 6.45) is -2.02. The van der Waals surface area contributed by atoms with Crippen molar-refractivity contribution in [3.63, 3.8) is 0 Å². The Balaban J connectivity index is 1.52. The average molecular weight is 702 g/mol. The van der Waals surface area contributed by atoms with Gasteiger partial charge in [-0.1, -0.05) is 18.5 Å². The molecule has 49 heavy (non-hydrogen) atoms. The number of pyridine rings is 1. The molecule has 4 aromatic rings. The van der Waals surface area contributed by atoms with Crippen molar-refractivity contribution in [1.29, 1.82) is 0 Å². The number of aromatic nitrogens is 5. The number of benzene rings is 1. The van der Waals surface area contributed by atoms with E-state index in [-0.39, 0.29) is 83.0 Å². The zero-order valence-electron chi connectivity index (χ0n) is 26.8. The Morgan fingerprint density at radius 3 is 2.39 bits per heavy atom. The van der Waals surface area contributed by atoms with Gasteiger partial charge in [0.25, 0.3) is 11.8 Å². The van der Waals surface area contributed by atoms with Crippen molar-refractivity contribution in [2.45, 2.75) is 33.0 Å². The number of hydrogen-bond acceptors (Lipinski definition) is 10. The van der Waals surface area contributed by atoms with E-state index in [1.165, 1.54) is 41.0 Å². The fourth-order valence-electron chi connectivity index (χ4n) is 5.45. The lowest BCUT2D eigenvalue weighted by Gasteiger charge is -2.37. The second kappa shape index (κ2) is 13.7. The summed E-state index contributed by atoms with van der Waals surface area (Å²) in [7, 11) is 3.02. The Morgan fingerprint density at radius 2 is 1.78 bits per heavy atom. The van der Waals surface area contributed by atoms with Gasteiger partial charge in [-0.3, -0.25) is 19.2 Å². The van der Waals surface area contributed by atoms with Gasteiger partial charge >= 0.3 is 6.18 Å². The number of halogens is 4. The normalized spacial score (nSPS) is 13.5. The van der Waals surface area contributed by atoms with E-state index in [1.807, 2.05) is 0 Å². The van der Waals surface area contributed by atoms with Gasteiger partial charge < -0.3 is 29.7 Å². The molecule has 0 bridgehead atoms. The number of hydrogen-bond donors (Lipinski definition) is 2. The lowest BCUT2D eigenvalue weighted by molar-refractivity contribution is -0.137. The van der Waals surface area contributed by atoms with Gasteiger partial charge in [0.05, 0.1) is 28.2 Å². The molecule has 0 saturated carbocycles. The minimum Gasteiger partial charge on any atom is -0.504 e. The molecule has 0 spiro atoms. The molecule has 5 rings (SSSR count). The molecule has 1 aliphatic heterocycles. The summed E-state index contributed by atoms with van der Waals surface area (Å²) in [5.74, 6) is -2.02. The van der Waals surface area contributed by atoms with Crippen LogP contribution >= 0.6 is 11.6 Å². The number of fused-ring (bicyclic) bond motifs is 1. The van der Waals surface area contributed by atoms with Crippen molar-refractivity contribution in [2.24, 2.45) is 0 Å². The molecule has 1 aliphatic rings. The molecule has 3 amide bonds. The van der Waals surface area contributed by atoms with Crippen LogP contribution in [0.2, 0.25) is 5.02 Å². The summed E-state index contributed by atoms with van der Waals surface area (Å²) < 4.78 is 40.9. The first-order chi connectivity index (χ1) is 23.1. The summed E-state index contributed by atoms with van der Waals surface area (Å²) in [6.45, 7) is 3.54. The van der Waals surface area contributed by atoms with Crippen LogP contribution in [0.5, 0.6) is 5.75 Å². The van der Waals surface area contributed by atoms with E-state index >= 15 is 0 Å². The van der Waals surface area contributed by atoms with Crippen LogP contribution in [-0.2, 0) is 23.9 Å². The summed E-state index contributed by atoms with van der Waals surface area (Å²) in [4.78, 5) is 74.5. The summed E-state index contributed by atoms with van der Waals surface area (Å²) in [5.41, 5.74) is -1.16. The first-order valence-corrected chi connectivity index (χ1v) is 15.4. The summed E-state index contributed by atoms with van der Waals surface area (Å²) in [5, 5.41) is 12.5. The Bertz CT molecular complexity index is 2030. The highest BCUT2D eigenvalue weighted by Gasteiger charge is 2.32. The molecule has 1 fully saturated rings. The molecule has 0 unspecified atom stereocenters. The number of carbonyl (C=O) groups excluding carboxylic acids is 3. The number of amides is 3. The predicted molar refractivity (Wildman–Crippen MR) is 173 cm³/mol. The Hall–Kier alpha value is -5.32. The van der Waals surface area contributed by atoms with Gasteiger partial charge in [0.1, 0.15) is 24.3 Å². The van der Waals surface area contributed by atoms with Crippen molar-refractivity contribution in [2.75, 3.05) is 50.5 Å². The van der Waals surface area contributed by atoms with Gasteiger partial charge in [0, 0.05) is 46.0 Å². The molecule has 1 aromatic carbocycles. The number of alkyl halides is 3. The number of piperazine rings is 1. The number of nitrogens with one attached hydrogen (secondary N) is 1. The third-order valence-corrected chi connectivity index (χ3v) is 8.27. The van der Waals surface area contributed by atoms with E-state index in [2.05, 4.69) is 25.3 Å². The van der Waals surface area contributed by atoms with Crippen molar-refractivity contribution in [3.05, 3.63) is 74.3 Å². The van der Waals surface area contributed by atoms with Gasteiger partial charge in [-0.25, -0.2) is 19.9 Å². The molecule has 0 aliphatic carbocycles. The molecule has 18 heteroatoms. The predicted octanol–water partition coefficient (Wildman–Crippen LogP) is 3.13. The summed E-state index contributed by atoms with van der Waals surface area (Å²) >= 11 is 6.07. The number of anilines is 2. The largest absolute Gasteiger partial charge is 0.504 e. The van der Waals surface area contributed by atoms with Gasteiger partial charge in [0.15, 0.2) is 22.6 Å². The van der Waals surface area contributed by atoms with Crippen LogP contribution in [0.4, 0.5) is 24.5 Å². The maximum Gasteiger partial charge on any atom is 0.416 e. The third-order valence-electron chi connectivity index (χ3n) is 7.96. The highest BCUT2D eigenvalue weighted by atomic mass is 35.5. The second-order valence-corrected chi connectivity index (χ2v) is 11.8. The number of nitrogens with zero attached hydrogens (tertiary/aromatic N) is 8. The molecule has 14 nitrogen and oxygen atoms in total. The van der Waals surface area contributed by atoms with Gasteiger partial charge in [-0.15, -0.1) is 0 Å². The number of carbonyl (C=O) groups is 3. The lowest BCUT2D eigenvalue weighted by atomic mass is 10.1. The van der Waals surface area contributed by atoms with Crippen LogP contribution < -0.4 is 15.6 Å². The second-order valence-electron chi connectivity index (χ2n) is 11.4. The van der Waals surface area contributed by atoms with E-state index in [1.54, 1.807) is 18.7 Å². The Labute approximate surface area is 282 Å². The molecule has 3 aromatic heterocycles. The fourth-order valence-corrected chi connectivity index (χ4v) is 5.68. The van der Waals surface area contributed by atoms with E-state index < -0.39 is 41.4 Å². The van der Waals surface area contributed by atoms with Crippen molar-refractivity contribution < 1.29 is 32.7 Å². The molecule has 0 radical (unpaired) electrons. The first-order valence-electron chi connectivity index (χ1n) is 15.0. The van der Waals surface area contributed by atoms with Crippen molar-refractivity contribution in [1.82, 2.24) is 34.3 Å². The topological polar surface area (TPSA) is 167 Å². The zero-order valence-corrected chi connectivity index (χ0v) is 27.6. The molecule has 258 valence electrons. The van der Waals surface area contributed by atoms with Crippen molar-refractivity contribution in [3.8, 4) is 5.75 Å². The van der Waals surface area contributed by atoms with Crippen LogP contribution in [0.15, 0.2) is 35.5 Å². The average Bonchev–Trinajstić information content (AvgIpc) is 3.06. The highest BCUT2D eigenvalue weighted by Crippen LogP contribution is 2.34. The molecule has 0 atom stereocenters. The molecule has 2 N–H and O–H groups in total. The van der Waals surface area contributed by atoms with E-state index in [9.17, 15) is 37.5 Å². The fraction of sp³-hybridized carbons (Fsp3) is 0.355. The van der Waals surface area contributed by atoms with Crippen LogP contribution in [-0.4, -0.2) is 97.4 Å².